The van der Waals surface area contributed by atoms with E-state index in [1.807, 2.05) is 30.3 Å². The second-order valence-electron chi connectivity index (χ2n) is 3.68. The zero-order valence-electron chi connectivity index (χ0n) is 9.06. The Balaban J connectivity index is 2.52. The highest BCUT2D eigenvalue weighted by molar-refractivity contribution is 9.08. The Kier molecular flexibility index (Phi) is 3.59. The monoisotopic (exact) mass is 290 g/mol. The molecule has 0 radical (unpaired) electrons. The summed E-state index contributed by atoms with van der Waals surface area (Å²) in [5, 5.41) is 9.72. The first kappa shape index (κ1) is 11.9. The Bertz CT molecular complexity index is 549. The van der Waals surface area contributed by atoms with Gasteiger partial charge in [0.2, 0.25) is 0 Å². The summed E-state index contributed by atoms with van der Waals surface area (Å²) in [6.07, 6.45) is 0. The highest BCUT2D eigenvalue weighted by Gasteiger charge is 2.07. The Morgan fingerprint density at radius 3 is 2.59 bits per heavy atom. The molecule has 86 valence electrons. The lowest BCUT2D eigenvalue weighted by Gasteiger charge is -2.07. The van der Waals surface area contributed by atoms with E-state index < -0.39 is 5.97 Å². The van der Waals surface area contributed by atoms with Crippen LogP contribution in [0.4, 0.5) is 0 Å². The number of hydrogen-bond acceptors (Lipinski definition) is 1. The minimum Gasteiger partial charge on any atom is -0.478 e. The number of hydrogen-bond donors (Lipinski definition) is 1. The second-order valence-corrected chi connectivity index (χ2v) is 4.24. The van der Waals surface area contributed by atoms with Crippen LogP contribution in [0.2, 0.25) is 0 Å². The number of carbonyl (C=O) groups is 1. The third kappa shape index (κ3) is 2.56. The van der Waals surface area contributed by atoms with E-state index in [0.29, 0.717) is 5.56 Å². The maximum atomic E-state index is 10.9. The van der Waals surface area contributed by atoms with E-state index in [-0.39, 0.29) is 0 Å². The van der Waals surface area contributed by atoms with Gasteiger partial charge in [-0.25, -0.2) is 4.79 Å². The van der Waals surface area contributed by atoms with Crippen LogP contribution in [0.15, 0.2) is 48.5 Å². The van der Waals surface area contributed by atoms with Crippen molar-refractivity contribution in [1.29, 1.82) is 0 Å². The molecule has 1 N–H and O–H groups in total. The normalized spacial score (nSPS) is 10.2. The summed E-state index contributed by atoms with van der Waals surface area (Å²) >= 11 is 3.44. The maximum absolute atomic E-state index is 10.9. The molecule has 0 amide bonds. The van der Waals surface area contributed by atoms with Crippen molar-refractivity contribution in [2.45, 2.75) is 5.33 Å². The van der Waals surface area contributed by atoms with Crippen LogP contribution in [-0.2, 0) is 5.33 Å². The van der Waals surface area contributed by atoms with Crippen molar-refractivity contribution < 1.29 is 9.90 Å². The molecule has 0 atom stereocenters. The van der Waals surface area contributed by atoms with Crippen LogP contribution in [0.5, 0.6) is 0 Å². The Hall–Kier alpha value is -1.61. The van der Waals surface area contributed by atoms with Gasteiger partial charge >= 0.3 is 5.97 Å². The van der Waals surface area contributed by atoms with Gasteiger partial charge in [0.05, 0.1) is 5.56 Å². The van der Waals surface area contributed by atoms with Gasteiger partial charge in [0.15, 0.2) is 0 Å². The molecule has 0 fully saturated rings. The van der Waals surface area contributed by atoms with Gasteiger partial charge < -0.3 is 5.11 Å². The van der Waals surface area contributed by atoms with Crippen LogP contribution in [0.25, 0.3) is 11.1 Å². The van der Waals surface area contributed by atoms with Crippen molar-refractivity contribution in [1.82, 2.24) is 0 Å². The minimum atomic E-state index is -0.900. The standard InChI is InChI=1S/C14H11BrO2/c15-9-12-4-1-2-7-13(12)10-5-3-6-11(8-10)14(16)17/h1-8H,9H2,(H,16,17). The summed E-state index contributed by atoms with van der Waals surface area (Å²) in [4.78, 5) is 10.9. The second kappa shape index (κ2) is 5.15. The smallest absolute Gasteiger partial charge is 0.335 e. The SMILES string of the molecule is O=C(O)c1cccc(-c2ccccc2CBr)c1. The van der Waals surface area contributed by atoms with E-state index in [1.54, 1.807) is 18.2 Å². The van der Waals surface area contributed by atoms with Gasteiger partial charge in [0.1, 0.15) is 0 Å². The molecule has 0 saturated heterocycles. The summed E-state index contributed by atoms with van der Waals surface area (Å²) in [5.41, 5.74) is 3.45. The van der Waals surface area contributed by atoms with Crippen LogP contribution in [0.1, 0.15) is 15.9 Å². The third-order valence-electron chi connectivity index (χ3n) is 2.58. The molecular formula is C14H11BrO2. The van der Waals surface area contributed by atoms with E-state index in [1.165, 1.54) is 0 Å². The zero-order valence-corrected chi connectivity index (χ0v) is 10.6. The summed E-state index contributed by atoms with van der Waals surface area (Å²) in [6, 6.07) is 14.9. The van der Waals surface area contributed by atoms with Gasteiger partial charge in [0.25, 0.3) is 0 Å². The van der Waals surface area contributed by atoms with Crippen molar-refractivity contribution in [2.75, 3.05) is 0 Å². The Morgan fingerprint density at radius 1 is 1.12 bits per heavy atom. The molecular weight excluding hydrogens is 280 g/mol. The molecule has 2 nitrogen and oxygen atoms in total. The van der Waals surface area contributed by atoms with E-state index in [9.17, 15) is 4.79 Å². The topological polar surface area (TPSA) is 37.3 Å². The first-order chi connectivity index (χ1) is 8.22. The van der Waals surface area contributed by atoms with E-state index in [2.05, 4.69) is 15.9 Å². The number of halogens is 1. The van der Waals surface area contributed by atoms with E-state index >= 15 is 0 Å². The van der Waals surface area contributed by atoms with Gasteiger partial charge in [-0.1, -0.05) is 52.3 Å². The number of rotatable bonds is 3. The molecule has 0 aliphatic rings. The zero-order chi connectivity index (χ0) is 12.3. The number of alkyl halides is 1. The number of carboxylic acid groups (broad SMARTS) is 1. The highest BCUT2D eigenvalue weighted by Crippen LogP contribution is 2.26. The van der Waals surface area contributed by atoms with Crippen LogP contribution in [0.3, 0.4) is 0 Å². The maximum Gasteiger partial charge on any atom is 0.335 e. The van der Waals surface area contributed by atoms with Gasteiger partial charge in [-0.15, -0.1) is 0 Å². The number of benzene rings is 2. The van der Waals surface area contributed by atoms with Gasteiger partial charge in [-0.05, 0) is 28.8 Å². The predicted octanol–water partition coefficient (Wildman–Crippen LogP) is 3.95. The predicted molar refractivity (Wildman–Crippen MR) is 71.5 cm³/mol. The molecule has 0 spiro atoms. The molecule has 0 aliphatic heterocycles. The lowest BCUT2D eigenvalue weighted by molar-refractivity contribution is 0.0697. The molecule has 0 heterocycles. The summed E-state index contributed by atoms with van der Waals surface area (Å²) in [5.74, 6) is -0.900. The third-order valence-corrected chi connectivity index (χ3v) is 3.19. The van der Waals surface area contributed by atoms with Crippen molar-refractivity contribution in [3.8, 4) is 11.1 Å². The lowest BCUT2D eigenvalue weighted by atomic mass is 9.99. The summed E-state index contributed by atoms with van der Waals surface area (Å²) < 4.78 is 0. The van der Waals surface area contributed by atoms with Crippen LogP contribution >= 0.6 is 15.9 Å². The summed E-state index contributed by atoms with van der Waals surface area (Å²) in [6.45, 7) is 0. The van der Waals surface area contributed by atoms with Gasteiger partial charge in [-0.3, -0.25) is 0 Å². The van der Waals surface area contributed by atoms with Crippen LogP contribution < -0.4 is 0 Å². The fourth-order valence-electron chi connectivity index (χ4n) is 1.74. The van der Waals surface area contributed by atoms with Crippen molar-refractivity contribution in [3.05, 3.63) is 59.7 Å². The molecule has 2 aromatic rings. The molecule has 2 rings (SSSR count). The molecule has 2 aromatic carbocycles. The quantitative estimate of drug-likeness (QED) is 0.869. The Labute approximate surface area is 108 Å². The first-order valence-electron chi connectivity index (χ1n) is 5.20. The van der Waals surface area contributed by atoms with Crippen molar-refractivity contribution in [2.24, 2.45) is 0 Å². The lowest BCUT2D eigenvalue weighted by Crippen LogP contribution is -1.96. The van der Waals surface area contributed by atoms with E-state index in [0.717, 1.165) is 22.0 Å². The number of carboxylic acids is 1. The van der Waals surface area contributed by atoms with Crippen LogP contribution in [0, 0.1) is 0 Å². The minimum absolute atomic E-state index is 0.312. The van der Waals surface area contributed by atoms with Crippen molar-refractivity contribution >= 4 is 21.9 Å². The molecule has 0 saturated carbocycles. The molecule has 3 heteroatoms. The molecule has 0 aliphatic carbocycles. The van der Waals surface area contributed by atoms with Gasteiger partial charge in [0, 0.05) is 5.33 Å². The number of aromatic carboxylic acids is 1. The molecule has 0 bridgehead atoms. The van der Waals surface area contributed by atoms with E-state index in [4.69, 9.17) is 5.11 Å². The average molecular weight is 291 g/mol. The fraction of sp³-hybridized carbons (Fsp3) is 0.0714. The molecule has 17 heavy (non-hydrogen) atoms. The summed E-state index contributed by atoms with van der Waals surface area (Å²) in [7, 11) is 0. The van der Waals surface area contributed by atoms with Gasteiger partial charge in [-0.2, -0.15) is 0 Å². The average Bonchev–Trinajstić information content (AvgIpc) is 2.39. The molecule has 0 aromatic heterocycles. The first-order valence-corrected chi connectivity index (χ1v) is 6.32. The molecule has 0 unspecified atom stereocenters. The van der Waals surface area contributed by atoms with Crippen molar-refractivity contribution in [3.63, 3.8) is 0 Å². The highest BCUT2D eigenvalue weighted by atomic mass is 79.9. The fourth-order valence-corrected chi connectivity index (χ4v) is 2.23. The Morgan fingerprint density at radius 2 is 1.88 bits per heavy atom. The van der Waals surface area contributed by atoms with Crippen LogP contribution in [-0.4, -0.2) is 11.1 Å². The largest absolute Gasteiger partial charge is 0.478 e.